The molecule has 0 spiro atoms. The van der Waals surface area contributed by atoms with Gasteiger partial charge in [0.15, 0.2) is 0 Å². The summed E-state index contributed by atoms with van der Waals surface area (Å²) in [5.74, 6) is -0.424. The summed E-state index contributed by atoms with van der Waals surface area (Å²) in [6.07, 6.45) is -4.48. The van der Waals surface area contributed by atoms with Gasteiger partial charge in [0, 0.05) is 17.1 Å². The Bertz CT molecular complexity index is 683. The van der Waals surface area contributed by atoms with Crippen LogP contribution in [0.25, 0.3) is 11.1 Å². The van der Waals surface area contributed by atoms with Gasteiger partial charge in [-0.05, 0) is 35.4 Å². The van der Waals surface area contributed by atoms with Crippen molar-refractivity contribution in [3.05, 3.63) is 52.5 Å². The number of hydrogen-bond donors (Lipinski definition) is 1. The Morgan fingerprint density at radius 1 is 1.14 bits per heavy atom. The molecule has 6 heteroatoms. The molecule has 0 fully saturated rings. The van der Waals surface area contributed by atoms with Crippen molar-refractivity contribution in [2.45, 2.75) is 13.1 Å². The summed E-state index contributed by atoms with van der Waals surface area (Å²) >= 11 is 3.31. The van der Waals surface area contributed by atoms with Crippen LogP contribution >= 0.6 is 15.9 Å². The van der Waals surface area contributed by atoms with E-state index in [0.29, 0.717) is 15.6 Å². The Kier molecular flexibility index (Phi) is 4.37. The van der Waals surface area contributed by atoms with Crippen LogP contribution in [0.3, 0.4) is 0 Å². The number of nitrogens with one attached hydrogen (secondary N) is 1. The molecule has 0 aliphatic carbocycles. The smallest absolute Gasteiger partial charge is 0.326 e. The zero-order chi connectivity index (χ0) is 15.6. The van der Waals surface area contributed by atoms with E-state index in [1.165, 1.54) is 13.0 Å². The molecule has 0 aromatic heterocycles. The number of amides is 1. The largest absolute Gasteiger partial charge is 0.416 e. The van der Waals surface area contributed by atoms with Gasteiger partial charge in [-0.1, -0.05) is 34.1 Å². The standard InChI is InChI=1S/C15H11BrF3NO/c1-9(21)20-12-7-10(6-11(8-12)15(17,18)19)13-4-2-3-5-14(13)16/h2-8H,1H3,(H,20,21). The highest BCUT2D eigenvalue weighted by Gasteiger charge is 2.31. The van der Waals surface area contributed by atoms with E-state index in [0.717, 1.165) is 12.1 Å². The number of anilines is 1. The van der Waals surface area contributed by atoms with Gasteiger partial charge in [0.2, 0.25) is 5.91 Å². The fraction of sp³-hybridized carbons (Fsp3) is 0.133. The summed E-state index contributed by atoms with van der Waals surface area (Å²) in [5.41, 5.74) is 0.304. The highest BCUT2D eigenvalue weighted by atomic mass is 79.9. The molecule has 0 aliphatic rings. The average molecular weight is 358 g/mol. The van der Waals surface area contributed by atoms with Crippen LogP contribution in [0.15, 0.2) is 46.9 Å². The van der Waals surface area contributed by atoms with E-state index in [-0.39, 0.29) is 5.69 Å². The monoisotopic (exact) mass is 357 g/mol. The van der Waals surface area contributed by atoms with E-state index in [1.54, 1.807) is 24.3 Å². The Labute approximate surface area is 128 Å². The molecule has 110 valence electrons. The van der Waals surface area contributed by atoms with Gasteiger partial charge in [-0.3, -0.25) is 4.79 Å². The minimum absolute atomic E-state index is 0.114. The van der Waals surface area contributed by atoms with Crippen LogP contribution < -0.4 is 5.32 Å². The predicted octanol–water partition coefficient (Wildman–Crippen LogP) is 5.09. The Balaban J connectivity index is 2.60. The molecule has 1 amide bonds. The molecule has 0 radical (unpaired) electrons. The van der Waals surface area contributed by atoms with E-state index in [4.69, 9.17) is 0 Å². The molecule has 0 atom stereocenters. The first-order valence-corrected chi connectivity index (χ1v) is 6.81. The number of halogens is 4. The van der Waals surface area contributed by atoms with E-state index in [2.05, 4.69) is 21.2 Å². The van der Waals surface area contributed by atoms with Crippen LogP contribution in [-0.2, 0) is 11.0 Å². The summed E-state index contributed by atoms with van der Waals surface area (Å²) in [4.78, 5) is 11.1. The second kappa shape index (κ2) is 5.89. The minimum Gasteiger partial charge on any atom is -0.326 e. The van der Waals surface area contributed by atoms with Crippen LogP contribution in [-0.4, -0.2) is 5.91 Å². The van der Waals surface area contributed by atoms with Crippen LogP contribution in [0, 0.1) is 0 Å². The highest BCUT2D eigenvalue weighted by Crippen LogP contribution is 2.36. The lowest BCUT2D eigenvalue weighted by Gasteiger charge is -2.13. The number of carbonyl (C=O) groups excluding carboxylic acids is 1. The lowest BCUT2D eigenvalue weighted by atomic mass is 10.0. The highest BCUT2D eigenvalue weighted by molar-refractivity contribution is 9.10. The maximum atomic E-state index is 13.0. The van der Waals surface area contributed by atoms with Crippen molar-refractivity contribution in [2.24, 2.45) is 0 Å². The van der Waals surface area contributed by atoms with Crippen molar-refractivity contribution in [3.8, 4) is 11.1 Å². The van der Waals surface area contributed by atoms with E-state index >= 15 is 0 Å². The molecule has 2 aromatic carbocycles. The molecule has 0 heterocycles. The molecule has 21 heavy (non-hydrogen) atoms. The fourth-order valence-corrected chi connectivity index (χ4v) is 2.43. The molecular formula is C15H11BrF3NO. The van der Waals surface area contributed by atoms with Crippen molar-refractivity contribution >= 4 is 27.5 Å². The molecule has 0 bridgehead atoms. The SMILES string of the molecule is CC(=O)Nc1cc(-c2ccccc2Br)cc(C(F)(F)F)c1. The minimum atomic E-state index is -4.48. The van der Waals surface area contributed by atoms with Crippen molar-refractivity contribution < 1.29 is 18.0 Å². The van der Waals surface area contributed by atoms with E-state index < -0.39 is 17.6 Å². The number of carbonyl (C=O) groups is 1. The van der Waals surface area contributed by atoms with Crippen LogP contribution in [0.2, 0.25) is 0 Å². The van der Waals surface area contributed by atoms with Crippen LogP contribution in [0.1, 0.15) is 12.5 Å². The van der Waals surface area contributed by atoms with Crippen molar-refractivity contribution in [1.29, 1.82) is 0 Å². The Morgan fingerprint density at radius 3 is 2.38 bits per heavy atom. The Morgan fingerprint density at radius 2 is 1.81 bits per heavy atom. The van der Waals surface area contributed by atoms with Gasteiger partial charge in [-0.15, -0.1) is 0 Å². The number of alkyl halides is 3. The van der Waals surface area contributed by atoms with Gasteiger partial charge < -0.3 is 5.32 Å². The first kappa shape index (κ1) is 15.6. The van der Waals surface area contributed by atoms with Crippen LogP contribution in [0.4, 0.5) is 18.9 Å². The summed E-state index contributed by atoms with van der Waals surface area (Å²) in [5, 5.41) is 2.39. The second-order valence-corrected chi connectivity index (χ2v) is 5.31. The molecule has 2 rings (SSSR count). The maximum absolute atomic E-state index is 13.0. The predicted molar refractivity (Wildman–Crippen MR) is 78.9 cm³/mol. The van der Waals surface area contributed by atoms with Crippen molar-refractivity contribution in [3.63, 3.8) is 0 Å². The van der Waals surface area contributed by atoms with Gasteiger partial charge in [0.25, 0.3) is 0 Å². The molecule has 0 aliphatic heterocycles. The van der Waals surface area contributed by atoms with Gasteiger partial charge in [-0.25, -0.2) is 0 Å². The third-order valence-electron chi connectivity index (χ3n) is 2.77. The quantitative estimate of drug-likeness (QED) is 0.796. The molecule has 0 unspecified atom stereocenters. The van der Waals surface area contributed by atoms with E-state index in [1.807, 2.05) is 0 Å². The van der Waals surface area contributed by atoms with Crippen molar-refractivity contribution in [1.82, 2.24) is 0 Å². The molecular weight excluding hydrogens is 347 g/mol. The normalized spacial score (nSPS) is 11.3. The Hall–Kier alpha value is -1.82. The first-order chi connectivity index (χ1) is 9.77. The van der Waals surface area contributed by atoms with Crippen LogP contribution in [0.5, 0.6) is 0 Å². The number of rotatable bonds is 2. The van der Waals surface area contributed by atoms with Gasteiger partial charge >= 0.3 is 6.18 Å². The summed E-state index contributed by atoms with van der Waals surface area (Å²) in [6, 6.07) is 10.4. The van der Waals surface area contributed by atoms with Crippen molar-refractivity contribution in [2.75, 3.05) is 5.32 Å². The average Bonchev–Trinajstić information content (AvgIpc) is 2.37. The third-order valence-corrected chi connectivity index (χ3v) is 3.46. The lowest BCUT2D eigenvalue weighted by molar-refractivity contribution is -0.137. The zero-order valence-electron chi connectivity index (χ0n) is 11.0. The maximum Gasteiger partial charge on any atom is 0.416 e. The fourth-order valence-electron chi connectivity index (χ4n) is 1.92. The van der Waals surface area contributed by atoms with Gasteiger partial charge in [0.05, 0.1) is 5.56 Å². The lowest BCUT2D eigenvalue weighted by Crippen LogP contribution is -2.10. The summed E-state index contributed by atoms with van der Waals surface area (Å²) in [7, 11) is 0. The molecule has 2 aromatic rings. The molecule has 0 saturated heterocycles. The van der Waals surface area contributed by atoms with E-state index in [9.17, 15) is 18.0 Å². The topological polar surface area (TPSA) is 29.1 Å². The number of hydrogen-bond acceptors (Lipinski definition) is 1. The molecule has 0 saturated carbocycles. The third kappa shape index (κ3) is 3.85. The second-order valence-electron chi connectivity index (χ2n) is 4.46. The van der Waals surface area contributed by atoms with Gasteiger partial charge in [0.1, 0.15) is 0 Å². The summed E-state index contributed by atoms with van der Waals surface area (Å²) in [6.45, 7) is 1.25. The molecule has 1 N–H and O–H groups in total. The molecule has 2 nitrogen and oxygen atoms in total. The number of benzene rings is 2. The van der Waals surface area contributed by atoms with Gasteiger partial charge in [-0.2, -0.15) is 13.2 Å². The summed E-state index contributed by atoms with van der Waals surface area (Å²) < 4.78 is 39.6. The first-order valence-electron chi connectivity index (χ1n) is 6.02. The zero-order valence-corrected chi connectivity index (χ0v) is 12.5.